The van der Waals surface area contributed by atoms with E-state index in [0.29, 0.717) is 11.0 Å². The van der Waals surface area contributed by atoms with Crippen molar-refractivity contribution in [3.8, 4) is 5.88 Å². The van der Waals surface area contributed by atoms with Crippen LogP contribution in [0.3, 0.4) is 0 Å². The molecule has 3 nitrogen and oxygen atoms in total. The van der Waals surface area contributed by atoms with Crippen molar-refractivity contribution in [2.75, 3.05) is 0 Å². The topological polar surface area (TPSA) is 46.3 Å². The monoisotopic (exact) mass is 163 g/mol. The molecule has 1 aromatic carbocycles. The van der Waals surface area contributed by atoms with Gasteiger partial charge in [-0.1, -0.05) is 13.0 Å². The van der Waals surface area contributed by atoms with E-state index in [0.717, 1.165) is 6.42 Å². The van der Waals surface area contributed by atoms with Crippen LogP contribution in [0.1, 0.15) is 12.5 Å². The summed E-state index contributed by atoms with van der Waals surface area (Å²) in [7, 11) is 0. The van der Waals surface area contributed by atoms with Crippen molar-refractivity contribution in [1.82, 2.24) is 5.16 Å². The molecular formula is C9H9NO2. The Morgan fingerprint density at radius 2 is 2.33 bits per heavy atom. The quantitative estimate of drug-likeness (QED) is 0.700. The Labute approximate surface area is 69.6 Å². The van der Waals surface area contributed by atoms with Crippen LogP contribution in [0.4, 0.5) is 0 Å². The van der Waals surface area contributed by atoms with E-state index in [2.05, 4.69) is 12.1 Å². The normalized spacial score (nSPS) is 10.8. The summed E-state index contributed by atoms with van der Waals surface area (Å²) >= 11 is 0. The van der Waals surface area contributed by atoms with Gasteiger partial charge >= 0.3 is 0 Å². The molecule has 0 atom stereocenters. The van der Waals surface area contributed by atoms with Gasteiger partial charge < -0.3 is 9.63 Å². The molecule has 0 saturated heterocycles. The Kier molecular flexibility index (Phi) is 1.50. The van der Waals surface area contributed by atoms with Crippen LogP contribution in [0.15, 0.2) is 22.7 Å². The summed E-state index contributed by atoms with van der Waals surface area (Å²) in [5.74, 6) is -0.0275. The highest BCUT2D eigenvalue weighted by atomic mass is 16.5. The SMILES string of the molecule is CCc1ccc2onc(O)c2c1. The van der Waals surface area contributed by atoms with Gasteiger partial charge in [-0.25, -0.2) is 0 Å². The summed E-state index contributed by atoms with van der Waals surface area (Å²) in [6.07, 6.45) is 0.945. The Morgan fingerprint density at radius 1 is 1.50 bits per heavy atom. The van der Waals surface area contributed by atoms with Gasteiger partial charge in [0.05, 0.1) is 5.39 Å². The molecule has 0 radical (unpaired) electrons. The fourth-order valence-electron chi connectivity index (χ4n) is 1.19. The largest absolute Gasteiger partial charge is 0.491 e. The van der Waals surface area contributed by atoms with Crippen LogP contribution in [-0.4, -0.2) is 10.3 Å². The van der Waals surface area contributed by atoms with Crippen LogP contribution in [-0.2, 0) is 6.42 Å². The van der Waals surface area contributed by atoms with E-state index >= 15 is 0 Å². The van der Waals surface area contributed by atoms with Gasteiger partial charge in [-0.2, -0.15) is 0 Å². The Morgan fingerprint density at radius 3 is 3.08 bits per heavy atom. The number of hydrogen-bond acceptors (Lipinski definition) is 3. The minimum absolute atomic E-state index is 0.0275. The predicted octanol–water partition coefficient (Wildman–Crippen LogP) is 2.10. The highest BCUT2D eigenvalue weighted by Gasteiger charge is 2.05. The average Bonchev–Trinajstić information content (AvgIpc) is 2.47. The molecule has 0 unspecified atom stereocenters. The lowest BCUT2D eigenvalue weighted by molar-refractivity contribution is 0.376. The minimum atomic E-state index is -0.0275. The van der Waals surface area contributed by atoms with E-state index in [4.69, 9.17) is 4.52 Å². The fourth-order valence-corrected chi connectivity index (χ4v) is 1.19. The van der Waals surface area contributed by atoms with E-state index in [1.807, 2.05) is 18.2 Å². The lowest BCUT2D eigenvalue weighted by Crippen LogP contribution is -1.77. The van der Waals surface area contributed by atoms with Crippen molar-refractivity contribution in [1.29, 1.82) is 0 Å². The minimum Gasteiger partial charge on any atom is -0.491 e. The van der Waals surface area contributed by atoms with Gasteiger partial charge in [0.25, 0.3) is 5.88 Å². The summed E-state index contributed by atoms with van der Waals surface area (Å²) in [6, 6.07) is 5.68. The van der Waals surface area contributed by atoms with Gasteiger partial charge in [0.1, 0.15) is 0 Å². The van der Waals surface area contributed by atoms with Gasteiger partial charge in [0, 0.05) is 0 Å². The molecule has 1 heterocycles. The van der Waals surface area contributed by atoms with Gasteiger partial charge in [-0.15, -0.1) is 0 Å². The Balaban J connectivity index is 2.71. The number of benzene rings is 1. The maximum absolute atomic E-state index is 9.23. The van der Waals surface area contributed by atoms with Crippen molar-refractivity contribution in [3.05, 3.63) is 23.8 Å². The molecule has 1 N–H and O–H groups in total. The highest BCUT2D eigenvalue weighted by Crippen LogP contribution is 2.24. The van der Waals surface area contributed by atoms with E-state index in [1.165, 1.54) is 5.56 Å². The number of fused-ring (bicyclic) bond motifs is 1. The molecule has 0 aliphatic carbocycles. The summed E-state index contributed by atoms with van der Waals surface area (Å²) in [5.41, 5.74) is 1.80. The van der Waals surface area contributed by atoms with Crippen molar-refractivity contribution < 1.29 is 9.63 Å². The molecule has 62 valence electrons. The third kappa shape index (κ3) is 0.942. The average molecular weight is 163 g/mol. The third-order valence-corrected chi connectivity index (χ3v) is 1.92. The van der Waals surface area contributed by atoms with Gasteiger partial charge in [0.15, 0.2) is 5.58 Å². The lowest BCUT2D eigenvalue weighted by atomic mass is 10.1. The van der Waals surface area contributed by atoms with Crippen molar-refractivity contribution in [3.63, 3.8) is 0 Å². The smallest absolute Gasteiger partial charge is 0.259 e. The van der Waals surface area contributed by atoms with Crippen LogP contribution < -0.4 is 0 Å². The number of rotatable bonds is 1. The first-order valence-corrected chi connectivity index (χ1v) is 3.88. The number of aryl methyl sites for hydroxylation is 1. The zero-order valence-corrected chi connectivity index (χ0v) is 6.74. The molecule has 0 fully saturated rings. The maximum atomic E-state index is 9.23. The third-order valence-electron chi connectivity index (χ3n) is 1.92. The lowest BCUT2D eigenvalue weighted by Gasteiger charge is -1.93. The number of hydrogen-bond donors (Lipinski definition) is 1. The zero-order chi connectivity index (χ0) is 8.55. The van der Waals surface area contributed by atoms with E-state index in [-0.39, 0.29) is 5.88 Å². The molecular weight excluding hydrogens is 154 g/mol. The molecule has 0 bridgehead atoms. The van der Waals surface area contributed by atoms with E-state index in [9.17, 15) is 5.11 Å². The summed E-state index contributed by atoms with van der Waals surface area (Å²) < 4.78 is 4.85. The van der Waals surface area contributed by atoms with Crippen LogP contribution >= 0.6 is 0 Å². The van der Waals surface area contributed by atoms with Crippen LogP contribution in [0.25, 0.3) is 11.0 Å². The summed E-state index contributed by atoms with van der Waals surface area (Å²) in [5, 5.41) is 13.4. The first kappa shape index (κ1) is 7.16. The summed E-state index contributed by atoms with van der Waals surface area (Å²) in [6.45, 7) is 2.06. The molecule has 0 spiro atoms. The molecule has 0 aliphatic rings. The zero-order valence-electron chi connectivity index (χ0n) is 6.74. The molecule has 3 heteroatoms. The molecule has 2 rings (SSSR count). The second-order valence-corrected chi connectivity index (χ2v) is 2.69. The van der Waals surface area contributed by atoms with Crippen LogP contribution in [0.2, 0.25) is 0 Å². The molecule has 2 aromatic rings. The van der Waals surface area contributed by atoms with Crippen LogP contribution in [0.5, 0.6) is 5.88 Å². The first-order chi connectivity index (χ1) is 5.81. The highest BCUT2D eigenvalue weighted by molar-refractivity contribution is 5.82. The Bertz CT molecular complexity index is 406. The number of nitrogens with zero attached hydrogens (tertiary/aromatic N) is 1. The second-order valence-electron chi connectivity index (χ2n) is 2.69. The van der Waals surface area contributed by atoms with Crippen LogP contribution in [0, 0.1) is 0 Å². The van der Waals surface area contributed by atoms with Gasteiger partial charge in [0.2, 0.25) is 0 Å². The second kappa shape index (κ2) is 2.52. The molecule has 1 aromatic heterocycles. The van der Waals surface area contributed by atoms with Crippen molar-refractivity contribution in [2.45, 2.75) is 13.3 Å². The standard InChI is InChI=1S/C9H9NO2/c1-2-6-3-4-8-7(5-6)9(11)10-12-8/h3-5H,2H2,1H3,(H,10,11). The maximum Gasteiger partial charge on any atom is 0.259 e. The first-order valence-electron chi connectivity index (χ1n) is 3.88. The van der Waals surface area contributed by atoms with Gasteiger partial charge in [-0.05, 0) is 29.3 Å². The fraction of sp³-hybridized carbons (Fsp3) is 0.222. The van der Waals surface area contributed by atoms with Crippen molar-refractivity contribution in [2.24, 2.45) is 0 Å². The molecule has 0 aliphatic heterocycles. The van der Waals surface area contributed by atoms with Gasteiger partial charge in [-0.3, -0.25) is 0 Å². The predicted molar refractivity (Wildman–Crippen MR) is 45.1 cm³/mol. The molecule has 12 heavy (non-hydrogen) atoms. The van der Waals surface area contributed by atoms with Crippen molar-refractivity contribution >= 4 is 11.0 Å². The Hall–Kier alpha value is -1.51. The number of aromatic hydroxyl groups is 1. The molecule has 0 amide bonds. The van der Waals surface area contributed by atoms with E-state index in [1.54, 1.807) is 0 Å². The molecule has 0 saturated carbocycles. The van der Waals surface area contributed by atoms with E-state index < -0.39 is 0 Å². The summed E-state index contributed by atoms with van der Waals surface area (Å²) in [4.78, 5) is 0. The number of aromatic nitrogens is 1.